The molecule has 0 spiro atoms. The van der Waals surface area contributed by atoms with Crippen molar-refractivity contribution in [3.63, 3.8) is 0 Å². The Morgan fingerprint density at radius 3 is 2.81 bits per heavy atom. The minimum Gasteiger partial charge on any atom is -0.305 e. The van der Waals surface area contributed by atoms with Gasteiger partial charge in [-0.3, -0.25) is 4.68 Å². The largest absolute Gasteiger partial charge is 0.305 e. The van der Waals surface area contributed by atoms with Crippen molar-refractivity contribution in [2.75, 3.05) is 6.54 Å². The maximum atomic E-state index is 13.9. The van der Waals surface area contributed by atoms with Gasteiger partial charge in [0.05, 0.1) is 16.2 Å². The number of rotatable bonds is 7. The summed E-state index contributed by atoms with van der Waals surface area (Å²) in [6.07, 6.45) is 3.84. The Balaban J connectivity index is 2.42. The molecular formula is C16H21BrFN3. The van der Waals surface area contributed by atoms with Crippen LogP contribution < -0.4 is 5.32 Å². The van der Waals surface area contributed by atoms with Crippen molar-refractivity contribution >= 4 is 15.9 Å². The van der Waals surface area contributed by atoms with E-state index in [1.54, 1.807) is 12.3 Å². The van der Waals surface area contributed by atoms with Gasteiger partial charge >= 0.3 is 0 Å². The Kier molecular flexibility index (Phi) is 5.94. The topological polar surface area (TPSA) is 29.9 Å². The summed E-state index contributed by atoms with van der Waals surface area (Å²) in [5.74, 6) is -0.239. The fraction of sp³-hybridized carbons (Fsp3) is 0.438. The van der Waals surface area contributed by atoms with Crippen LogP contribution >= 0.6 is 15.9 Å². The summed E-state index contributed by atoms with van der Waals surface area (Å²) in [4.78, 5) is 0. The first kappa shape index (κ1) is 16.2. The third-order valence-corrected chi connectivity index (χ3v) is 4.21. The first-order valence-electron chi connectivity index (χ1n) is 7.38. The molecule has 1 aromatic carbocycles. The molecule has 0 aliphatic rings. The Morgan fingerprint density at radius 1 is 1.29 bits per heavy atom. The van der Waals surface area contributed by atoms with Gasteiger partial charge in [0.15, 0.2) is 0 Å². The molecule has 1 atom stereocenters. The molecule has 21 heavy (non-hydrogen) atoms. The number of halogens is 2. The highest BCUT2D eigenvalue weighted by molar-refractivity contribution is 9.10. The lowest BCUT2D eigenvalue weighted by Gasteiger charge is -2.22. The Morgan fingerprint density at radius 2 is 2.10 bits per heavy atom. The predicted octanol–water partition coefficient (Wildman–Crippen LogP) is 4.28. The molecule has 0 aliphatic carbocycles. The molecule has 2 aromatic rings. The standard InChI is InChI=1S/C16H21BrFN3/c1-3-9-19-16(12-6-5-7-13(18)15(12)17)14-8-10-20-21(14)11-4-2/h5-8,10,16,19H,3-4,9,11H2,1-2H3. The number of aromatic nitrogens is 2. The van der Waals surface area contributed by atoms with Gasteiger partial charge in [-0.15, -0.1) is 0 Å². The minimum atomic E-state index is -0.239. The van der Waals surface area contributed by atoms with Crippen LogP contribution in [0.2, 0.25) is 0 Å². The quantitative estimate of drug-likeness (QED) is 0.804. The summed E-state index contributed by atoms with van der Waals surface area (Å²) >= 11 is 3.38. The summed E-state index contributed by atoms with van der Waals surface area (Å²) in [6, 6.07) is 7.10. The molecule has 5 heteroatoms. The third kappa shape index (κ3) is 3.71. The zero-order chi connectivity index (χ0) is 15.2. The number of aryl methyl sites for hydroxylation is 1. The summed E-state index contributed by atoms with van der Waals surface area (Å²) in [5, 5.41) is 7.88. The van der Waals surface area contributed by atoms with Gasteiger partial charge in [-0.1, -0.05) is 26.0 Å². The summed E-state index contributed by atoms with van der Waals surface area (Å²) in [6.45, 7) is 5.97. The van der Waals surface area contributed by atoms with E-state index in [0.29, 0.717) is 4.47 Å². The van der Waals surface area contributed by atoms with Crippen molar-refractivity contribution in [3.8, 4) is 0 Å². The van der Waals surface area contributed by atoms with Crippen molar-refractivity contribution < 1.29 is 4.39 Å². The molecule has 0 radical (unpaired) electrons. The molecule has 114 valence electrons. The van der Waals surface area contributed by atoms with Crippen LogP contribution in [0.25, 0.3) is 0 Å². The van der Waals surface area contributed by atoms with Crippen LogP contribution in [0.1, 0.15) is 44.0 Å². The average Bonchev–Trinajstić information content (AvgIpc) is 2.92. The van der Waals surface area contributed by atoms with Gasteiger partial charge in [0.1, 0.15) is 5.82 Å². The Labute approximate surface area is 133 Å². The number of nitrogens with one attached hydrogen (secondary N) is 1. The number of benzene rings is 1. The van der Waals surface area contributed by atoms with Gasteiger partial charge in [-0.2, -0.15) is 5.10 Å². The van der Waals surface area contributed by atoms with Crippen LogP contribution in [0, 0.1) is 5.82 Å². The molecule has 0 saturated carbocycles. The SMILES string of the molecule is CCCNC(c1cccc(F)c1Br)c1ccnn1CCC. The molecule has 0 bridgehead atoms. The Hall–Kier alpha value is -1.20. The van der Waals surface area contributed by atoms with Crippen LogP contribution in [0.4, 0.5) is 4.39 Å². The van der Waals surface area contributed by atoms with Crippen LogP contribution in [0.3, 0.4) is 0 Å². The van der Waals surface area contributed by atoms with Crippen molar-refractivity contribution in [2.45, 2.75) is 39.3 Å². The molecule has 0 amide bonds. The van der Waals surface area contributed by atoms with Crippen LogP contribution in [-0.4, -0.2) is 16.3 Å². The minimum absolute atomic E-state index is 0.0657. The highest BCUT2D eigenvalue weighted by atomic mass is 79.9. The molecule has 3 nitrogen and oxygen atoms in total. The van der Waals surface area contributed by atoms with Gasteiger partial charge in [0.25, 0.3) is 0 Å². The molecule has 0 saturated heterocycles. The lowest BCUT2D eigenvalue weighted by Crippen LogP contribution is -2.26. The Bertz CT molecular complexity index is 583. The molecule has 1 heterocycles. The van der Waals surface area contributed by atoms with E-state index in [1.165, 1.54) is 6.07 Å². The zero-order valence-corrected chi connectivity index (χ0v) is 14.0. The van der Waals surface area contributed by atoms with E-state index in [0.717, 1.165) is 37.2 Å². The average molecular weight is 354 g/mol. The molecule has 0 aliphatic heterocycles. The van der Waals surface area contributed by atoms with E-state index in [1.807, 2.05) is 16.8 Å². The van der Waals surface area contributed by atoms with Crippen LogP contribution in [0.15, 0.2) is 34.9 Å². The summed E-state index contributed by atoms with van der Waals surface area (Å²) in [7, 11) is 0. The van der Waals surface area contributed by atoms with E-state index in [2.05, 4.69) is 40.2 Å². The van der Waals surface area contributed by atoms with Crippen molar-refractivity contribution in [2.24, 2.45) is 0 Å². The second-order valence-electron chi connectivity index (χ2n) is 5.01. The van der Waals surface area contributed by atoms with Gasteiger partial charge in [-0.05, 0) is 53.0 Å². The summed E-state index contributed by atoms with van der Waals surface area (Å²) in [5.41, 5.74) is 1.97. The molecule has 1 unspecified atom stereocenters. The normalized spacial score (nSPS) is 12.6. The third-order valence-electron chi connectivity index (χ3n) is 3.37. The number of hydrogen-bond donors (Lipinski definition) is 1. The van der Waals surface area contributed by atoms with E-state index in [9.17, 15) is 4.39 Å². The number of hydrogen-bond acceptors (Lipinski definition) is 2. The maximum absolute atomic E-state index is 13.9. The van der Waals surface area contributed by atoms with Crippen molar-refractivity contribution in [1.29, 1.82) is 0 Å². The molecular weight excluding hydrogens is 333 g/mol. The molecule has 1 N–H and O–H groups in total. The smallest absolute Gasteiger partial charge is 0.137 e. The maximum Gasteiger partial charge on any atom is 0.137 e. The van der Waals surface area contributed by atoms with Crippen molar-refractivity contribution in [1.82, 2.24) is 15.1 Å². The van der Waals surface area contributed by atoms with E-state index < -0.39 is 0 Å². The van der Waals surface area contributed by atoms with Gasteiger partial charge in [0, 0.05) is 12.7 Å². The second-order valence-corrected chi connectivity index (χ2v) is 5.80. The fourth-order valence-electron chi connectivity index (χ4n) is 2.39. The van der Waals surface area contributed by atoms with Crippen LogP contribution in [0.5, 0.6) is 0 Å². The number of nitrogens with zero attached hydrogens (tertiary/aromatic N) is 2. The first-order valence-corrected chi connectivity index (χ1v) is 8.17. The van der Waals surface area contributed by atoms with Gasteiger partial charge in [-0.25, -0.2) is 4.39 Å². The van der Waals surface area contributed by atoms with Gasteiger partial charge in [0.2, 0.25) is 0 Å². The van der Waals surface area contributed by atoms with Crippen LogP contribution in [-0.2, 0) is 6.54 Å². The van der Waals surface area contributed by atoms with Crippen molar-refractivity contribution in [3.05, 3.63) is 52.0 Å². The molecule has 0 fully saturated rings. The molecule has 1 aromatic heterocycles. The highest BCUT2D eigenvalue weighted by Crippen LogP contribution is 2.30. The van der Waals surface area contributed by atoms with E-state index in [4.69, 9.17) is 0 Å². The predicted molar refractivity (Wildman–Crippen MR) is 86.8 cm³/mol. The monoisotopic (exact) mass is 353 g/mol. The lowest BCUT2D eigenvalue weighted by molar-refractivity contribution is 0.507. The summed E-state index contributed by atoms with van der Waals surface area (Å²) < 4.78 is 16.4. The first-order chi connectivity index (χ1) is 10.2. The highest BCUT2D eigenvalue weighted by Gasteiger charge is 2.21. The molecule has 2 rings (SSSR count). The second kappa shape index (κ2) is 7.71. The lowest BCUT2D eigenvalue weighted by atomic mass is 10.0. The van der Waals surface area contributed by atoms with E-state index in [-0.39, 0.29) is 11.9 Å². The zero-order valence-electron chi connectivity index (χ0n) is 12.4. The fourth-order valence-corrected chi connectivity index (χ4v) is 2.89. The van der Waals surface area contributed by atoms with E-state index >= 15 is 0 Å². The van der Waals surface area contributed by atoms with Gasteiger partial charge < -0.3 is 5.32 Å².